The van der Waals surface area contributed by atoms with Crippen molar-refractivity contribution in [2.75, 3.05) is 4.90 Å². The van der Waals surface area contributed by atoms with Gasteiger partial charge in [-0.25, -0.2) is 9.48 Å². The monoisotopic (exact) mass is 328 g/mol. The van der Waals surface area contributed by atoms with E-state index in [1.807, 2.05) is 30.3 Å². The molecule has 0 spiro atoms. The van der Waals surface area contributed by atoms with Gasteiger partial charge in [-0.1, -0.05) is 31.5 Å². The minimum Gasteiger partial charge on any atom is -0.282 e. The molecule has 1 aliphatic heterocycles. The van der Waals surface area contributed by atoms with E-state index in [1.54, 1.807) is 11.6 Å². The van der Waals surface area contributed by atoms with Gasteiger partial charge in [0.25, 0.3) is 5.91 Å². The van der Waals surface area contributed by atoms with Crippen molar-refractivity contribution in [1.82, 2.24) is 25.1 Å². The highest BCUT2D eigenvalue weighted by Gasteiger charge is 2.43. The largest absolute Gasteiger partial charge is 0.332 e. The Hall–Kier alpha value is -2.77. The molecule has 126 valence electrons. The lowest BCUT2D eigenvalue weighted by Crippen LogP contribution is -2.34. The number of hydrogen-bond acceptors (Lipinski definition) is 5. The quantitative estimate of drug-likeness (QED) is 0.755. The first kappa shape index (κ1) is 16.1. The minimum atomic E-state index is -0.542. The lowest BCUT2D eigenvalue weighted by atomic mass is 10.2. The highest BCUT2D eigenvalue weighted by Crippen LogP contribution is 2.26. The molecular weight excluding hydrogens is 308 g/mol. The third-order valence-corrected chi connectivity index (χ3v) is 4.11. The summed E-state index contributed by atoms with van der Waals surface area (Å²) in [4.78, 5) is 28.0. The molecular formula is C16H20N6O2. The van der Waals surface area contributed by atoms with Gasteiger partial charge in [-0.3, -0.25) is 14.6 Å². The molecule has 0 N–H and O–H groups in total. The summed E-state index contributed by atoms with van der Waals surface area (Å²) in [6, 6.07) is 8.30. The Morgan fingerprint density at radius 2 is 1.92 bits per heavy atom. The maximum Gasteiger partial charge on any atom is 0.332 e. The summed E-state index contributed by atoms with van der Waals surface area (Å²) in [5.74, 6) is 0.279. The third kappa shape index (κ3) is 2.86. The van der Waals surface area contributed by atoms with Gasteiger partial charge in [0.1, 0.15) is 6.04 Å². The first-order valence-corrected chi connectivity index (χ1v) is 8.08. The highest BCUT2D eigenvalue weighted by molar-refractivity contribution is 6.13. The maximum absolute atomic E-state index is 12.7. The zero-order valence-corrected chi connectivity index (χ0v) is 13.8. The average Bonchev–Trinajstić information content (AvgIpc) is 3.12. The van der Waals surface area contributed by atoms with Crippen LogP contribution in [0, 0.1) is 0 Å². The Bertz CT molecular complexity index is 729. The van der Waals surface area contributed by atoms with Gasteiger partial charge in [-0.05, 0) is 35.9 Å². The second-order valence-corrected chi connectivity index (χ2v) is 5.76. The van der Waals surface area contributed by atoms with Crippen molar-refractivity contribution >= 4 is 17.6 Å². The number of urea groups is 1. The Balaban J connectivity index is 1.81. The van der Waals surface area contributed by atoms with E-state index in [0.29, 0.717) is 18.1 Å². The topological polar surface area (TPSA) is 84.2 Å². The molecule has 1 aromatic carbocycles. The number of nitrogens with zero attached hydrogens (tertiary/aromatic N) is 6. The van der Waals surface area contributed by atoms with Gasteiger partial charge in [-0.2, -0.15) is 0 Å². The number of carbonyl (C=O) groups is 2. The molecule has 1 fully saturated rings. The van der Waals surface area contributed by atoms with Crippen molar-refractivity contribution in [1.29, 1.82) is 0 Å². The van der Waals surface area contributed by atoms with Crippen LogP contribution in [-0.2, 0) is 17.9 Å². The average molecular weight is 328 g/mol. The van der Waals surface area contributed by atoms with Crippen LogP contribution < -0.4 is 4.90 Å². The zero-order valence-electron chi connectivity index (χ0n) is 13.8. The van der Waals surface area contributed by atoms with Crippen molar-refractivity contribution in [3.8, 4) is 0 Å². The molecule has 3 amide bonds. The number of aromatic nitrogens is 4. The third-order valence-electron chi connectivity index (χ3n) is 4.11. The Kier molecular flexibility index (Phi) is 4.54. The van der Waals surface area contributed by atoms with Crippen molar-refractivity contribution in [3.63, 3.8) is 0 Å². The van der Waals surface area contributed by atoms with Crippen LogP contribution in [0.5, 0.6) is 0 Å². The molecule has 8 nitrogen and oxygen atoms in total. The predicted molar refractivity (Wildman–Crippen MR) is 87.1 cm³/mol. The number of para-hydroxylation sites is 1. The van der Waals surface area contributed by atoms with Crippen molar-refractivity contribution in [2.24, 2.45) is 0 Å². The van der Waals surface area contributed by atoms with Crippen LogP contribution in [0.4, 0.5) is 10.5 Å². The summed E-state index contributed by atoms with van der Waals surface area (Å²) in [7, 11) is 0. The number of anilines is 1. The number of carbonyl (C=O) groups excluding carboxylic acids is 2. The number of imide groups is 1. The summed E-state index contributed by atoms with van der Waals surface area (Å²) >= 11 is 0. The molecule has 1 aromatic heterocycles. The molecule has 0 radical (unpaired) electrons. The van der Waals surface area contributed by atoms with Crippen molar-refractivity contribution in [3.05, 3.63) is 36.2 Å². The second-order valence-electron chi connectivity index (χ2n) is 5.76. The maximum atomic E-state index is 12.7. The van der Waals surface area contributed by atoms with E-state index >= 15 is 0 Å². The lowest BCUT2D eigenvalue weighted by Gasteiger charge is -2.19. The van der Waals surface area contributed by atoms with Crippen LogP contribution >= 0.6 is 0 Å². The number of amides is 3. The molecule has 0 aliphatic carbocycles. The standard InChI is InChI=1S/C16H20N6O2/c1-3-4-10-21-14(17-18-19-21)11-20-15(23)12(2)22(16(20)24)13-8-6-5-7-9-13/h5-9,12H,3-4,10-11H2,1-2H3/t12-/m0/s1. The zero-order chi connectivity index (χ0) is 17.1. The molecule has 3 rings (SSSR count). The van der Waals surface area contributed by atoms with Crippen molar-refractivity contribution < 1.29 is 9.59 Å². The van der Waals surface area contributed by atoms with Crippen LogP contribution in [0.25, 0.3) is 0 Å². The first-order chi connectivity index (χ1) is 11.6. The van der Waals surface area contributed by atoms with E-state index in [2.05, 4.69) is 22.4 Å². The summed E-state index contributed by atoms with van der Waals surface area (Å²) in [6.45, 7) is 4.57. The smallest absolute Gasteiger partial charge is 0.282 e. The number of tetrazole rings is 1. The van der Waals surface area contributed by atoms with Gasteiger partial charge in [0.05, 0.1) is 6.54 Å². The number of aryl methyl sites for hydroxylation is 1. The molecule has 0 saturated carbocycles. The van der Waals surface area contributed by atoms with Gasteiger partial charge in [0.2, 0.25) is 0 Å². The van der Waals surface area contributed by atoms with E-state index in [9.17, 15) is 9.59 Å². The fourth-order valence-corrected chi connectivity index (χ4v) is 2.75. The fourth-order valence-electron chi connectivity index (χ4n) is 2.75. The molecule has 2 heterocycles. The molecule has 24 heavy (non-hydrogen) atoms. The second kappa shape index (κ2) is 6.77. The van der Waals surface area contributed by atoms with Crippen LogP contribution in [0.15, 0.2) is 30.3 Å². The van der Waals surface area contributed by atoms with E-state index in [1.165, 1.54) is 9.80 Å². The van der Waals surface area contributed by atoms with Gasteiger partial charge >= 0.3 is 6.03 Å². The lowest BCUT2D eigenvalue weighted by molar-refractivity contribution is -0.127. The Morgan fingerprint density at radius 3 is 2.62 bits per heavy atom. The molecule has 1 saturated heterocycles. The van der Waals surface area contributed by atoms with E-state index in [-0.39, 0.29) is 18.5 Å². The summed E-state index contributed by atoms with van der Waals surface area (Å²) in [5, 5.41) is 11.6. The molecule has 0 unspecified atom stereocenters. The number of hydrogen-bond donors (Lipinski definition) is 0. The van der Waals surface area contributed by atoms with Crippen LogP contribution in [0.2, 0.25) is 0 Å². The SMILES string of the molecule is CCCCn1nnnc1CN1C(=O)[C@H](C)N(c2ccccc2)C1=O. The predicted octanol–water partition coefficient (Wildman–Crippen LogP) is 1.83. The van der Waals surface area contributed by atoms with Crippen molar-refractivity contribution in [2.45, 2.75) is 45.8 Å². The van der Waals surface area contributed by atoms with Crippen LogP contribution in [0.3, 0.4) is 0 Å². The molecule has 1 aliphatic rings. The van der Waals surface area contributed by atoms with Crippen LogP contribution in [-0.4, -0.2) is 43.1 Å². The molecule has 1 atom stereocenters. The van der Waals surface area contributed by atoms with Gasteiger partial charge in [-0.15, -0.1) is 5.10 Å². The molecule has 8 heteroatoms. The van der Waals surface area contributed by atoms with Crippen LogP contribution in [0.1, 0.15) is 32.5 Å². The molecule has 2 aromatic rings. The van der Waals surface area contributed by atoms with E-state index < -0.39 is 6.04 Å². The highest BCUT2D eigenvalue weighted by atomic mass is 16.2. The normalized spacial score (nSPS) is 17.8. The Labute approximate surface area is 140 Å². The summed E-state index contributed by atoms with van der Waals surface area (Å²) < 4.78 is 1.65. The van der Waals surface area contributed by atoms with Gasteiger partial charge in [0.15, 0.2) is 5.82 Å². The number of rotatable bonds is 6. The first-order valence-electron chi connectivity index (χ1n) is 8.08. The van der Waals surface area contributed by atoms with Gasteiger partial charge in [0, 0.05) is 12.2 Å². The fraction of sp³-hybridized carbons (Fsp3) is 0.438. The molecule has 0 bridgehead atoms. The summed E-state index contributed by atoms with van der Waals surface area (Å²) in [5.41, 5.74) is 0.705. The van der Waals surface area contributed by atoms with E-state index in [4.69, 9.17) is 0 Å². The Morgan fingerprint density at radius 1 is 1.17 bits per heavy atom. The van der Waals surface area contributed by atoms with Gasteiger partial charge < -0.3 is 0 Å². The number of benzene rings is 1. The van der Waals surface area contributed by atoms with E-state index in [0.717, 1.165) is 12.8 Å². The minimum absolute atomic E-state index is 0.0854. The summed E-state index contributed by atoms with van der Waals surface area (Å²) in [6.07, 6.45) is 1.95. The number of unbranched alkanes of at least 4 members (excludes halogenated alkanes) is 1.